The first-order valence-corrected chi connectivity index (χ1v) is 13.2. The summed E-state index contributed by atoms with van der Waals surface area (Å²) in [5, 5.41) is 1.51. The van der Waals surface area contributed by atoms with Crippen LogP contribution in [0.3, 0.4) is 0 Å². The van der Waals surface area contributed by atoms with Crippen LogP contribution in [0.2, 0.25) is 0 Å². The highest BCUT2D eigenvalue weighted by Crippen LogP contribution is 2.35. The Morgan fingerprint density at radius 1 is 1.03 bits per heavy atom. The topological polar surface area (TPSA) is 64.6 Å². The first-order chi connectivity index (χ1) is 16.6. The number of hydrogen-bond acceptors (Lipinski definition) is 5. The zero-order chi connectivity index (χ0) is 23.8. The summed E-state index contributed by atoms with van der Waals surface area (Å²) in [6, 6.07) is 13.9. The molecule has 1 saturated carbocycles. The van der Waals surface area contributed by atoms with Crippen LogP contribution >= 0.6 is 11.8 Å². The number of aryl methyl sites for hydroxylation is 1. The summed E-state index contributed by atoms with van der Waals surface area (Å²) in [5.41, 5.74) is 4.90. The van der Waals surface area contributed by atoms with Crippen LogP contribution < -0.4 is 14.8 Å². The van der Waals surface area contributed by atoms with Crippen molar-refractivity contribution in [2.75, 3.05) is 13.2 Å². The highest BCUT2D eigenvalue weighted by Gasteiger charge is 2.33. The zero-order valence-corrected chi connectivity index (χ0v) is 20.6. The molecule has 34 heavy (non-hydrogen) atoms. The molecule has 2 aromatic carbocycles. The van der Waals surface area contributed by atoms with Gasteiger partial charge in [0.1, 0.15) is 16.7 Å². The zero-order valence-electron chi connectivity index (χ0n) is 19.8. The second-order valence-corrected chi connectivity index (χ2v) is 9.96. The number of allylic oxidation sites excluding steroid dienone is 1. The lowest BCUT2D eigenvalue weighted by atomic mass is 9.93. The van der Waals surface area contributed by atoms with Crippen molar-refractivity contribution in [1.82, 2.24) is 5.32 Å². The standard InChI is InChI=1S/C28H33NO4S/c1-2-8-22-18-21(17-20-9-4-3-5-10-20)13-14-25(22)33-16-7-15-32-24-12-6-11-23(19-24)26-27(30)29-28(31)34-26/h6,11-14,17-19,26H,2-5,7-10,15-16H2,1H3,(H,29,30,31)/t26-/m0/s1. The van der Waals surface area contributed by atoms with Gasteiger partial charge in [-0.15, -0.1) is 0 Å². The van der Waals surface area contributed by atoms with Gasteiger partial charge in [0.15, 0.2) is 0 Å². The highest BCUT2D eigenvalue weighted by atomic mass is 32.2. The Morgan fingerprint density at radius 3 is 2.62 bits per heavy atom. The molecular formula is C28H33NO4S. The number of imide groups is 1. The maximum absolute atomic E-state index is 11.9. The van der Waals surface area contributed by atoms with E-state index in [1.165, 1.54) is 43.2 Å². The molecule has 0 unspecified atom stereocenters. The number of carbonyl (C=O) groups excluding carboxylic acids is 2. The van der Waals surface area contributed by atoms with Gasteiger partial charge in [-0.3, -0.25) is 14.9 Å². The van der Waals surface area contributed by atoms with Crippen molar-refractivity contribution in [3.63, 3.8) is 0 Å². The van der Waals surface area contributed by atoms with Crippen molar-refractivity contribution < 1.29 is 19.1 Å². The van der Waals surface area contributed by atoms with Crippen molar-refractivity contribution in [2.24, 2.45) is 0 Å². The Hall–Kier alpha value is -2.73. The summed E-state index contributed by atoms with van der Waals surface area (Å²) in [4.78, 5) is 23.4. The van der Waals surface area contributed by atoms with Gasteiger partial charge in [0.25, 0.3) is 5.24 Å². The number of hydrogen-bond donors (Lipinski definition) is 1. The van der Waals surface area contributed by atoms with Crippen LogP contribution in [0.15, 0.2) is 48.0 Å². The van der Waals surface area contributed by atoms with E-state index >= 15 is 0 Å². The van der Waals surface area contributed by atoms with Crippen molar-refractivity contribution >= 4 is 29.0 Å². The lowest BCUT2D eigenvalue weighted by molar-refractivity contribution is -0.119. The maximum Gasteiger partial charge on any atom is 0.286 e. The number of benzene rings is 2. The molecule has 1 saturated heterocycles. The summed E-state index contributed by atoms with van der Waals surface area (Å²) < 4.78 is 12.0. The molecule has 2 amide bonds. The van der Waals surface area contributed by atoms with E-state index in [1.54, 1.807) is 5.57 Å². The second-order valence-electron chi connectivity index (χ2n) is 8.88. The van der Waals surface area contributed by atoms with Crippen LogP contribution in [0.25, 0.3) is 6.08 Å². The molecule has 6 heteroatoms. The van der Waals surface area contributed by atoms with Gasteiger partial charge in [0.2, 0.25) is 5.91 Å². The molecule has 5 nitrogen and oxygen atoms in total. The fourth-order valence-electron chi connectivity index (χ4n) is 4.45. The van der Waals surface area contributed by atoms with E-state index in [-0.39, 0.29) is 11.1 Å². The SMILES string of the molecule is CCCc1cc(C=C2CCCCC2)ccc1OCCCOc1cccc([C@@H]2SC(=O)NC2=O)c1. The molecule has 1 aliphatic heterocycles. The quantitative estimate of drug-likeness (QED) is 0.377. The third-order valence-electron chi connectivity index (χ3n) is 6.13. The summed E-state index contributed by atoms with van der Waals surface area (Å²) >= 11 is 1.00. The maximum atomic E-state index is 11.9. The molecule has 1 atom stereocenters. The number of amides is 2. The van der Waals surface area contributed by atoms with E-state index in [1.807, 2.05) is 24.3 Å². The molecule has 0 aromatic heterocycles. The van der Waals surface area contributed by atoms with Crippen LogP contribution in [0.1, 0.15) is 73.8 Å². The second kappa shape index (κ2) is 12.1. The molecule has 4 rings (SSSR count). The van der Waals surface area contributed by atoms with Crippen molar-refractivity contribution in [3.8, 4) is 11.5 Å². The number of rotatable bonds is 10. The average Bonchev–Trinajstić information content (AvgIpc) is 3.19. The van der Waals surface area contributed by atoms with E-state index in [0.29, 0.717) is 19.0 Å². The van der Waals surface area contributed by atoms with Gasteiger partial charge in [-0.05, 0) is 84.8 Å². The first-order valence-electron chi connectivity index (χ1n) is 12.3. The van der Waals surface area contributed by atoms with Crippen molar-refractivity contribution in [3.05, 3.63) is 64.7 Å². The molecular weight excluding hydrogens is 446 g/mol. The van der Waals surface area contributed by atoms with Crippen LogP contribution in [-0.2, 0) is 11.2 Å². The molecule has 1 heterocycles. The predicted molar refractivity (Wildman–Crippen MR) is 137 cm³/mol. The van der Waals surface area contributed by atoms with Crippen LogP contribution in [0.4, 0.5) is 4.79 Å². The van der Waals surface area contributed by atoms with Gasteiger partial charge >= 0.3 is 0 Å². The van der Waals surface area contributed by atoms with Crippen molar-refractivity contribution in [1.29, 1.82) is 0 Å². The Kier molecular flexibility index (Phi) is 8.69. The third kappa shape index (κ3) is 6.66. The molecule has 2 aliphatic rings. The minimum atomic E-state index is -0.506. The van der Waals surface area contributed by atoms with E-state index in [0.717, 1.165) is 42.3 Å². The van der Waals surface area contributed by atoms with E-state index in [9.17, 15) is 9.59 Å². The van der Waals surface area contributed by atoms with Gasteiger partial charge in [-0.25, -0.2) is 0 Å². The molecule has 0 bridgehead atoms. The fraction of sp³-hybridized carbons (Fsp3) is 0.429. The van der Waals surface area contributed by atoms with Crippen LogP contribution in [0, 0.1) is 0 Å². The Balaban J connectivity index is 1.27. The molecule has 1 N–H and O–H groups in total. The first kappa shape index (κ1) is 24.4. The Labute approximate surface area is 206 Å². The largest absolute Gasteiger partial charge is 0.493 e. The third-order valence-corrected chi connectivity index (χ3v) is 7.17. The van der Waals surface area contributed by atoms with E-state index in [2.05, 4.69) is 36.5 Å². The van der Waals surface area contributed by atoms with E-state index in [4.69, 9.17) is 9.47 Å². The Bertz CT molecular complexity index is 1040. The van der Waals surface area contributed by atoms with Gasteiger partial charge < -0.3 is 9.47 Å². The number of carbonyl (C=O) groups is 2. The highest BCUT2D eigenvalue weighted by molar-refractivity contribution is 8.15. The summed E-state index contributed by atoms with van der Waals surface area (Å²) in [5.74, 6) is 1.38. The van der Waals surface area contributed by atoms with Crippen LogP contribution in [0.5, 0.6) is 11.5 Å². The molecule has 1 aliphatic carbocycles. The van der Waals surface area contributed by atoms with Gasteiger partial charge in [0.05, 0.1) is 13.2 Å². The molecule has 180 valence electrons. The summed E-state index contributed by atoms with van der Waals surface area (Å²) in [6.07, 6.45) is 11.7. The minimum absolute atomic E-state index is 0.274. The smallest absolute Gasteiger partial charge is 0.286 e. The lowest BCUT2D eigenvalue weighted by Crippen LogP contribution is -2.20. The van der Waals surface area contributed by atoms with Gasteiger partial charge in [0, 0.05) is 6.42 Å². The Morgan fingerprint density at radius 2 is 1.85 bits per heavy atom. The number of ether oxygens (including phenoxy) is 2. The molecule has 2 aromatic rings. The van der Waals surface area contributed by atoms with E-state index < -0.39 is 5.25 Å². The molecule has 0 spiro atoms. The number of thioether (sulfide) groups is 1. The predicted octanol–water partition coefficient (Wildman–Crippen LogP) is 6.86. The fourth-order valence-corrected chi connectivity index (χ4v) is 5.28. The lowest BCUT2D eigenvalue weighted by Gasteiger charge is -2.15. The van der Waals surface area contributed by atoms with Gasteiger partial charge in [-0.1, -0.05) is 49.6 Å². The number of nitrogens with one attached hydrogen (secondary N) is 1. The molecule has 0 radical (unpaired) electrons. The normalized spacial score (nSPS) is 18.0. The van der Waals surface area contributed by atoms with Crippen LogP contribution in [-0.4, -0.2) is 24.4 Å². The molecule has 2 fully saturated rings. The summed E-state index contributed by atoms with van der Waals surface area (Å²) in [7, 11) is 0. The minimum Gasteiger partial charge on any atom is -0.493 e. The van der Waals surface area contributed by atoms with Crippen molar-refractivity contribution in [2.45, 2.75) is 63.5 Å². The summed E-state index contributed by atoms with van der Waals surface area (Å²) in [6.45, 7) is 3.29. The monoisotopic (exact) mass is 479 g/mol. The van der Waals surface area contributed by atoms with Gasteiger partial charge in [-0.2, -0.15) is 0 Å². The average molecular weight is 480 g/mol.